The molecule has 3 aromatic carbocycles. The lowest BCUT2D eigenvalue weighted by molar-refractivity contribution is -0.112. The average molecular weight is 404 g/mol. The first-order chi connectivity index (χ1) is 14.2. The predicted octanol–water partition coefficient (Wildman–Crippen LogP) is 5.30. The summed E-state index contributed by atoms with van der Waals surface area (Å²) in [7, 11) is 0. The minimum absolute atomic E-state index is 0.0851. The van der Waals surface area contributed by atoms with E-state index in [4.69, 9.17) is 4.74 Å². The number of ether oxygens (including phenoxy) is 1. The number of thioether (sulfide) groups is 1. The largest absolute Gasteiger partial charge is 0.510 e. The second kappa shape index (κ2) is 8.45. The monoisotopic (exact) mass is 403 g/mol. The first-order valence-corrected chi connectivity index (χ1v) is 10.5. The van der Waals surface area contributed by atoms with Gasteiger partial charge in [-0.1, -0.05) is 42.5 Å². The number of rotatable bonds is 6. The van der Waals surface area contributed by atoms with Crippen molar-refractivity contribution in [2.75, 3.05) is 17.7 Å². The number of aliphatic hydroxyl groups excluding tert-OH is 1. The molecule has 0 aromatic heterocycles. The van der Waals surface area contributed by atoms with Crippen LogP contribution in [0.3, 0.4) is 0 Å². The number of aliphatic hydroxyl groups is 1. The van der Waals surface area contributed by atoms with E-state index in [1.807, 2.05) is 85.1 Å². The lowest BCUT2D eigenvalue weighted by Gasteiger charge is -2.16. The third kappa shape index (κ3) is 4.15. The summed E-state index contributed by atoms with van der Waals surface area (Å²) in [6, 6.07) is 25.0. The van der Waals surface area contributed by atoms with Gasteiger partial charge in [-0.05, 0) is 53.8 Å². The average Bonchev–Trinajstić information content (AvgIpc) is 3.07. The van der Waals surface area contributed by atoms with Crippen LogP contribution in [0.5, 0.6) is 5.75 Å². The van der Waals surface area contributed by atoms with E-state index in [0.29, 0.717) is 23.5 Å². The van der Waals surface area contributed by atoms with Gasteiger partial charge in [0.05, 0.1) is 12.1 Å². The molecule has 0 spiro atoms. The van der Waals surface area contributed by atoms with Gasteiger partial charge in [-0.2, -0.15) is 0 Å². The third-order valence-electron chi connectivity index (χ3n) is 4.83. The fraction of sp³-hybridized carbons (Fsp3) is 0.125. The zero-order valence-corrected chi connectivity index (χ0v) is 16.9. The van der Waals surface area contributed by atoms with Crippen LogP contribution in [0.15, 0.2) is 89.5 Å². The zero-order chi connectivity index (χ0) is 20.2. The number of anilines is 1. The summed E-state index contributed by atoms with van der Waals surface area (Å²) in [6.07, 6.45) is 2.01. The standard InChI is InChI=1S/C24H21NO3S/c1-29-21-13-9-19(10-14-21)25-15-22(26)23(24(25)27)18-7-11-20(12-8-18)28-16-17-5-3-2-4-6-17/h2-14,26H,15-16H2,1H3. The van der Waals surface area contributed by atoms with Crippen LogP contribution in [0.25, 0.3) is 5.57 Å². The van der Waals surface area contributed by atoms with Gasteiger partial charge in [0, 0.05) is 10.6 Å². The van der Waals surface area contributed by atoms with Gasteiger partial charge < -0.3 is 14.7 Å². The SMILES string of the molecule is CSc1ccc(N2CC(O)=C(c3ccc(OCc4ccccc4)cc3)C2=O)cc1. The number of amides is 1. The van der Waals surface area contributed by atoms with Gasteiger partial charge in [-0.3, -0.25) is 4.79 Å². The topological polar surface area (TPSA) is 49.8 Å². The molecular formula is C24H21NO3S. The van der Waals surface area contributed by atoms with E-state index in [-0.39, 0.29) is 18.2 Å². The van der Waals surface area contributed by atoms with Crippen LogP contribution >= 0.6 is 11.8 Å². The number of carbonyl (C=O) groups is 1. The van der Waals surface area contributed by atoms with E-state index >= 15 is 0 Å². The molecule has 1 aliphatic heterocycles. The summed E-state index contributed by atoms with van der Waals surface area (Å²) in [5, 5.41) is 10.4. The highest BCUT2D eigenvalue weighted by Gasteiger charge is 2.32. The minimum Gasteiger partial charge on any atom is -0.510 e. The molecule has 0 atom stereocenters. The molecular weight excluding hydrogens is 382 g/mol. The maximum absolute atomic E-state index is 12.9. The van der Waals surface area contributed by atoms with Crippen LogP contribution in [-0.4, -0.2) is 23.8 Å². The third-order valence-corrected chi connectivity index (χ3v) is 5.57. The molecule has 0 radical (unpaired) electrons. The van der Waals surface area contributed by atoms with Crippen molar-refractivity contribution in [3.8, 4) is 5.75 Å². The van der Waals surface area contributed by atoms with Gasteiger partial charge in [-0.15, -0.1) is 11.8 Å². The van der Waals surface area contributed by atoms with Crippen molar-refractivity contribution in [2.24, 2.45) is 0 Å². The lowest BCUT2D eigenvalue weighted by atomic mass is 10.1. The molecule has 146 valence electrons. The van der Waals surface area contributed by atoms with Gasteiger partial charge in [-0.25, -0.2) is 0 Å². The Morgan fingerprint density at radius 3 is 2.31 bits per heavy atom. The van der Waals surface area contributed by atoms with E-state index in [1.165, 1.54) is 0 Å². The van der Waals surface area contributed by atoms with E-state index in [1.54, 1.807) is 16.7 Å². The summed E-state index contributed by atoms with van der Waals surface area (Å²) in [5.41, 5.74) is 2.89. The van der Waals surface area contributed by atoms with Gasteiger partial charge in [0.15, 0.2) is 0 Å². The second-order valence-electron chi connectivity index (χ2n) is 6.71. The Morgan fingerprint density at radius 1 is 0.966 bits per heavy atom. The molecule has 4 nitrogen and oxygen atoms in total. The van der Waals surface area contributed by atoms with Crippen LogP contribution in [0, 0.1) is 0 Å². The van der Waals surface area contributed by atoms with Crippen molar-refractivity contribution in [3.05, 3.63) is 95.7 Å². The fourth-order valence-corrected chi connectivity index (χ4v) is 3.69. The number of hydrogen-bond donors (Lipinski definition) is 1. The number of carbonyl (C=O) groups excluding carboxylic acids is 1. The smallest absolute Gasteiger partial charge is 0.262 e. The highest BCUT2D eigenvalue weighted by Crippen LogP contribution is 2.32. The Kier molecular flexibility index (Phi) is 5.58. The molecule has 4 rings (SSSR count). The normalized spacial score (nSPS) is 13.8. The highest BCUT2D eigenvalue weighted by molar-refractivity contribution is 7.98. The Balaban J connectivity index is 1.47. The zero-order valence-electron chi connectivity index (χ0n) is 16.0. The van der Waals surface area contributed by atoms with E-state index in [9.17, 15) is 9.90 Å². The molecule has 5 heteroatoms. The van der Waals surface area contributed by atoms with Crippen molar-refractivity contribution in [3.63, 3.8) is 0 Å². The summed E-state index contributed by atoms with van der Waals surface area (Å²) < 4.78 is 5.80. The molecule has 1 amide bonds. The van der Waals surface area contributed by atoms with Crippen LogP contribution in [0.2, 0.25) is 0 Å². The Bertz CT molecular complexity index is 1030. The maximum Gasteiger partial charge on any atom is 0.262 e. The van der Waals surface area contributed by atoms with E-state index < -0.39 is 0 Å². The van der Waals surface area contributed by atoms with Crippen LogP contribution in [-0.2, 0) is 11.4 Å². The van der Waals surface area contributed by atoms with E-state index in [0.717, 1.165) is 16.1 Å². The van der Waals surface area contributed by atoms with Gasteiger partial charge >= 0.3 is 0 Å². The van der Waals surface area contributed by atoms with Crippen molar-refractivity contribution >= 4 is 28.9 Å². The molecule has 0 saturated heterocycles. The van der Waals surface area contributed by atoms with Gasteiger partial charge in [0.25, 0.3) is 5.91 Å². The van der Waals surface area contributed by atoms with Crippen LogP contribution < -0.4 is 9.64 Å². The van der Waals surface area contributed by atoms with Gasteiger partial charge in [0.1, 0.15) is 18.1 Å². The summed E-state index contributed by atoms with van der Waals surface area (Å²) in [4.78, 5) is 15.7. The van der Waals surface area contributed by atoms with Crippen molar-refractivity contribution < 1.29 is 14.6 Å². The first-order valence-electron chi connectivity index (χ1n) is 9.31. The van der Waals surface area contributed by atoms with Crippen molar-refractivity contribution in [1.29, 1.82) is 0 Å². The van der Waals surface area contributed by atoms with Crippen molar-refractivity contribution in [1.82, 2.24) is 0 Å². The molecule has 1 aliphatic rings. The minimum atomic E-state index is -0.197. The Labute approximate surface area is 174 Å². The molecule has 0 bridgehead atoms. The first kappa shape index (κ1) is 19.2. The molecule has 1 N–H and O–H groups in total. The quantitative estimate of drug-likeness (QED) is 0.567. The molecule has 0 fully saturated rings. The maximum atomic E-state index is 12.9. The predicted molar refractivity (Wildman–Crippen MR) is 117 cm³/mol. The second-order valence-corrected chi connectivity index (χ2v) is 7.59. The Hall–Kier alpha value is -3.18. The summed E-state index contributed by atoms with van der Waals surface area (Å²) in [5.74, 6) is 0.604. The molecule has 1 heterocycles. The lowest BCUT2D eigenvalue weighted by Crippen LogP contribution is -2.26. The molecule has 0 saturated carbocycles. The summed E-state index contributed by atoms with van der Waals surface area (Å²) in [6.45, 7) is 0.659. The highest BCUT2D eigenvalue weighted by atomic mass is 32.2. The van der Waals surface area contributed by atoms with Gasteiger partial charge in [0.2, 0.25) is 0 Å². The summed E-state index contributed by atoms with van der Waals surface area (Å²) >= 11 is 1.65. The molecule has 29 heavy (non-hydrogen) atoms. The Morgan fingerprint density at radius 2 is 1.66 bits per heavy atom. The van der Waals surface area contributed by atoms with Crippen LogP contribution in [0.1, 0.15) is 11.1 Å². The van der Waals surface area contributed by atoms with Crippen molar-refractivity contribution in [2.45, 2.75) is 11.5 Å². The fourth-order valence-electron chi connectivity index (χ4n) is 3.28. The van der Waals surface area contributed by atoms with E-state index in [2.05, 4.69) is 0 Å². The molecule has 0 aliphatic carbocycles. The number of benzene rings is 3. The molecule has 3 aromatic rings. The number of nitrogens with zero attached hydrogens (tertiary/aromatic N) is 1. The number of hydrogen-bond acceptors (Lipinski definition) is 4. The molecule has 0 unspecified atom stereocenters. The van der Waals surface area contributed by atoms with Crippen LogP contribution in [0.4, 0.5) is 5.69 Å².